The van der Waals surface area contributed by atoms with E-state index in [4.69, 9.17) is 0 Å². The molecule has 0 bridgehead atoms. The summed E-state index contributed by atoms with van der Waals surface area (Å²) in [5, 5.41) is 0. The van der Waals surface area contributed by atoms with Gasteiger partial charge in [0.1, 0.15) is 0 Å². The number of unbranched alkanes of at least 4 members (excludes halogenated alkanes) is 3. The van der Waals surface area contributed by atoms with E-state index in [2.05, 4.69) is 48.1 Å². The van der Waals surface area contributed by atoms with Crippen molar-refractivity contribution in [2.45, 2.75) is 52.4 Å². The summed E-state index contributed by atoms with van der Waals surface area (Å²) < 4.78 is 0. The summed E-state index contributed by atoms with van der Waals surface area (Å²) in [6.07, 6.45) is 17.2. The van der Waals surface area contributed by atoms with Crippen molar-refractivity contribution in [3.05, 3.63) is 48.8 Å². The first kappa shape index (κ1) is 21.5. The van der Waals surface area contributed by atoms with Crippen LogP contribution in [0.25, 0.3) is 0 Å². The molecule has 0 saturated carbocycles. The zero-order valence-corrected chi connectivity index (χ0v) is 18.3. The van der Waals surface area contributed by atoms with Crippen LogP contribution in [0.1, 0.15) is 52.4 Å². The molecule has 0 radical (unpaired) electrons. The van der Waals surface area contributed by atoms with Gasteiger partial charge in [0.15, 0.2) is 0 Å². The normalized spacial score (nSPS) is 13.5. The molecule has 2 aromatic rings. The summed E-state index contributed by atoms with van der Waals surface area (Å²) in [4.78, 5) is 9.31. The van der Waals surface area contributed by atoms with Gasteiger partial charge >= 0.3 is 0 Å². The van der Waals surface area contributed by atoms with Gasteiger partial charge in [0.2, 0.25) is 0 Å². The first-order chi connectivity index (χ1) is 12.8. The van der Waals surface area contributed by atoms with E-state index in [1.165, 1.54) is 74.0 Å². The summed E-state index contributed by atoms with van der Waals surface area (Å²) in [6.45, 7) is 4.58. The minimum Gasteiger partial charge on any atom is -0.257 e. The van der Waals surface area contributed by atoms with E-state index in [0.29, 0.717) is 0 Å². The standard InChI is InChI=1S/C22H34N2P2/c1-3-5-17-25(21-13-7-9-15-23-21)19-11-12-20-26(18-6-4-2)22-14-8-10-16-24-22/h7-10,13-16H,3-6,11-12,17-20H2,1-2H3. The van der Waals surface area contributed by atoms with E-state index in [1.807, 2.05) is 24.5 Å². The average Bonchev–Trinajstić information content (AvgIpc) is 2.71. The zero-order chi connectivity index (χ0) is 18.5. The fourth-order valence-corrected chi connectivity index (χ4v) is 8.09. The summed E-state index contributed by atoms with van der Waals surface area (Å²) >= 11 is 0. The van der Waals surface area contributed by atoms with Gasteiger partial charge in [-0.3, -0.25) is 9.97 Å². The molecule has 0 aromatic carbocycles. The predicted octanol–water partition coefficient (Wildman–Crippen LogP) is 5.77. The molecule has 142 valence electrons. The molecule has 2 heterocycles. The molecule has 0 N–H and O–H groups in total. The Morgan fingerprint density at radius 1 is 0.615 bits per heavy atom. The van der Waals surface area contributed by atoms with E-state index < -0.39 is 0 Å². The van der Waals surface area contributed by atoms with E-state index in [0.717, 1.165) is 0 Å². The Hall–Kier alpha value is -0.840. The van der Waals surface area contributed by atoms with Crippen molar-refractivity contribution in [2.75, 3.05) is 24.6 Å². The number of hydrogen-bond donors (Lipinski definition) is 0. The topological polar surface area (TPSA) is 25.8 Å². The second-order valence-corrected chi connectivity index (χ2v) is 11.6. The Balaban J connectivity index is 1.84. The summed E-state index contributed by atoms with van der Waals surface area (Å²) in [5.74, 6) is 0. The maximum absolute atomic E-state index is 4.66. The number of hydrogen-bond acceptors (Lipinski definition) is 2. The third-order valence-corrected chi connectivity index (χ3v) is 9.87. The molecule has 0 amide bonds. The smallest absolute Gasteiger partial charge is 0.0630 e. The fraction of sp³-hybridized carbons (Fsp3) is 0.545. The molecule has 0 spiro atoms. The third-order valence-electron chi connectivity index (χ3n) is 4.62. The maximum atomic E-state index is 4.66. The quantitative estimate of drug-likeness (QED) is 0.321. The second kappa shape index (κ2) is 13.3. The molecule has 2 aromatic heterocycles. The van der Waals surface area contributed by atoms with Gasteiger partial charge in [0, 0.05) is 12.4 Å². The predicted molar refractivity (Wildman–Crippen MR) is 120 cm³/mol. The lowest BCUT2D eigenvalue weighted by Gasteiger charge is -2.19. The number of pyridine rings is 2. The van der Waals surface area contributed by atoms with Gasteiger partial charge in [0.25, 0.3) is 0 Å². The van der Waals surface area contributed by atoms with Crippen LogP contribution in [0.2, 0.25) is 0 Å². The number of nitrogens with zero attached hydrogens (tertiary/aromatic N) is 2. The van der Waals surface area contributed by atoms with E-state index in [9.17, 15) is 0 Å². The van der Waals surface area contributed by atoms with Gasteiger partial charge in [-0.2, -0.15) is 0 Å². The Bertz CT molecular complexity index is 524. The van der Waals surface area contributed by atoms with Crippen LogP contribution in [-0.2, 0) is 0 Å². The highest BCUT2D eigenvalue weighted by Crippen LogP contribution is 2.39. The van der Waals surface area contributed by atoms with Crippen molar-refractivity contribution in [1.29, 1.82) is 0 Å². The van der Waals surface area contributed by atoms with Crippen LogP contribution in [0.5, 0.6) is 0 Å². The lowest BCUT2D eigenvalue weighted by atomic mass is 10.4. The van der Waals surface area contributed by atoms with Crippen LogP contribution in [0.3, 0.4) is 0 Å². The molecule has 4 heteroatoms. The van der Waals surface area contributed by atoms with Crippen molar-refractivity contribution in [3.8, 4) is 0 Å². The highest BCUT2D eigenvalue weighted by Gasteiger charge is 2.14. The Kier molecular flexibility index (Phi) is 11.0. The molecule has 0 fully saturated rings. The highest BCUT2D eigenvalue weighted by atomic mass is 31.1. The van der Waals surface area contributed by atoms with Gasteiger partial charge in [-0.1, -0.05) is 54.7 Å². The molecule has 0 aliphatic carbocycles. The van der Waals surface area contributed by atoms with Crippen molar-refractivity contribution >= 4 is 26.7 Å². The second-order valence-electron chi connectivity index (χ2n) is 6.76. The fourth-order valence-electron chi connectivity index (χ4n) is 3.07. The van der Waals surface area contributed by atoms with Crippen LogP contribution in [0.15, 0.2) is 48.8 Å². The minimum absolute atomic E-state index is 0.0773. The van der Waals surface area contributed by atoms with Gasteiger partial charge < -0.3 is 0 Å². The molecule has 0 saturated heterocycles. The van der Waals surface area contributed by atoms with Crippen LogP contribution in [0.4, 0.5) is 0 Å². The van der Waals surface area contributed by atoms with Crippen molar-refractivity contribution < 1.29 is 0 Å². The molecule has 2 unspecified atom stereocenters. The van der Waals surface area contributed by atoms with E-state index in [-0.39, 0.29) is 15.8 Å². The van der Waals surface area contributed by atoms with Crippen molar-refractivity contribution in [1.82, 2.24) is 9.97 Å². The van der Waals surface area contributed by atoms with E-state index >= 15 is 0 Å². The SMILES string of the molecule is CCCCP(CCCCP(CCCC)c1ccccn1)c1ccccn1. The summed E-state index contributed by atoms with van der Waals surface area (Å²) in [7, 11) is -0.155. The van der Waals surface area contributed by atoms with Crippen molar-refractivity contribution in [2.24, 2.45) is 0 Å². The molecule has 2 nitrogen and oxygen atoms in total. The first-order valence-corrected chi connectivity index (χ1v) is 13.6. The lowest BCUT2D eigenvalue weighted by molar-refractivity contribution is 0.864. The molecular formula is C22H34N2P2. The molecule has 2 rings (SSSR count). The van der Waals surface area contributed by atoms with Crippen LogP contribution >= 0.6 is 15.8 Å². The van der Waals surface area contributed by atoms with Gasteiger partial charge in [0.05, 0.1) is 10.9 Å². The van der Waals surface area contributed by atoms with Gasteiger partial charge in [-0.15, -0.1) is 0 Å². The molecule has 0 aliphatic heterocycles. The Morgan fingerprint density at radius 3 is 1.38 bits per heavy atom. The molecule has 2 atom stereocenters. The monoisotopic (exact) mass is 388 g/mol. The average molecular weight is 388 g/mol. The van der Waals surface area contributed by atoms with Crippen LogP contribution < -0.4 is 10.9 Å². The van der Waals surface area contributed by atoms with Crippen LogP contribution in [-0.4, -0.2) is 34.6 Å². The Labute approximate surface area is 162 Å². The van der Waals surface area contributed by atoms with Crippen LogP contribution in [0, 0.1) is 0 Å². The van der Waals surface area contributed by atoms with Gasteiger partial charge in [-0.25, -0.2) is 0 Å². The van der Waals surface area contributed by atoms with Gasteiger partial charge in [-0.05, 0) is 74.6 Å². The highest BCUT2D eigenvalue weighted by molar-refractivity contribution is 7.65. The molecular weight excluding hydrogens is 354 g/mol. The first-order valence-electron chi connectivity index (χ1n) is 10.2. The zero-order valence-electron chi connectivity index (χ0n) is 16.5. The van der Waals surface area contributed by atoms with E-state index in [1.54, 1.807) is 0 Å². The number of rotatable bonds is 13. The third kappa shape index (κ3) is 7.81. The summed E-state index contributed by atoms with van der Waals surface area (Å²) in [6, 6.07) is 12.8. The number of aromatic nitrogens is 2. The summed E-state index contributed by atoms with van der Waals surface area (Å²) in [5.41, 5.74) is 2.71. The van der Waals surface area contributed by atoms with Crippen molar-refractivity contribution in [3.63, 3.8) is 0 Å². The minimum atomic E-state index is -0.0773. The molecule has 0 aliphatic rings. The maximum Gasteiger partial charge on any atom is 0.0630 e. The lowest BCUT2D eigenvalue weighted by Crippen LogP contribution is -2.12. The molecule has 26 heavy (non-hydrogen) atoms. The Morgan fingerprint density at radius 2 is 1.04 bits per heavy atom. The largest absolute Gasteiger partial charge is 0.257 e.